The number of hydrogen-bond acceptors (Lipinski definition) is 3. The predicted octanol–water partition coefficient (Wildman–Crippen LogP) is 2.54. The summed E-state index contributed by atoms with van der Waals surface area (Å²) < 4.78 is 0. The van der Waals surface area contributed by atoms with Gasteiger partial charge in [0.25, 0.3) is 0 Å². The Morgan fingerprint density at radius 2 is 1.62 bits per heavy atom. The quantitative estimate of drug-likeness (QED) is 0.791. The van der Waals surface area contributed by atoms with Crippen molar-refractivity contribution in [3.8, 4) is 0 Å². The summed E-state index contributed by atoms with van der Waals surface area (Å²) in [5.41, 5.74) is -0.394. The normalized spacial score (nSPS) is 24.0. The van der Waals surface area contributed by atoms with Gasteiger partial charge in [-0.15, -0.1) is 0 Å². The van der Waals surface area contributed by atoms with Crippen molar-refractivity contribution in [2.75, 3.05) is 0 Å². The molecule has 3 rings (SSSR count). The maximum atomic E-state index is 11.6. The van der Waals surface area contributed by atoms with Crippen LogP contribution >= 0.6 is 0 Å². The number of aliphatic hydroxyl groups is 2. The predicted molar refractivity (Wildman–Crippen MR) is 77.6 cm³/mol. The molecule has 0 aliphatic heterocycles. The molecule has 0 radical (unpaired) electrons. The van der Waals surface area contributed by atoms with Gasteiger partial charge in [0, 0.05) is 11.1 Å². The summed E-state index contributed by atoms with van der Waals surface area (Å²) >= 11 is 0. The van der Waals surface area contributed by atoms with Crippen LogP contribution in [0.2, 0.25) is 0 Å². The Bertz CT molecular complexity index is 721. The Hall–Kier alpha value is -2.59. The molecule has 3 N–H and O–H groups in total. The van der Waals surface area contributed by atoms with Crippen LogP contribution in [0, 0.1) is 5.92 Å². The largest absolute Gasteiger partial charge is 0.508 e. The summed E-state index contributed by atoms with van der Waals surface area (Å²) in [5, 5.41) is 30.7. The van der Waals surface area contributed by atoms with E-state index in [1.165, 1.54) is 6.08 Å². The fourth-order valence-corrected chi connectivity index (χ4v) is 2.85. The van der Waals surface area contributed by atoms with Crippen molar-refractivity contribution >= 4 is 11.7 Å². The summed E-state index contributed by atoms with van der Waals surface area (Å²) in [6.45, 7) is 0. The topological polar surface area (TPSA) is 77.8 Å². The van der Waals surface area contributed by atoms with Gasteiger partial charge in [-0.2, -0.15) is 0 Å². The van der Waals surface area contributed by atoms with Crippen LogP contribution in [0.25, 0.3) is 5.76 Å². The Morgan fingerprint density at radius 1 is 1.00 bits per heavy atom. The van der Waals surface area contributed by atoms with E-state index in [2.05, 4.69) is 0 Å². The lowest BCUT2D eigenvalue weighted by molar-refractivity contribution is -0.147. The second-order valence-electron chi connectivity index (χ2n) is 5.05. The first-order chi connectivity index (χ1) is 10.0. The maximum Gasteiger partial charge on any atom is 0.314 e. The second kappa shape index (κ2) is 4.75. The van der Waals surface area contributed by atoms with Crippen LogP contribution in [0.15, 0.2) is 60.7 Å². The van der Waals surface area contributed by atoms with Crippen LogP contribution in [0.4, 0.5) is 0 Å². The molecular weight excluding hydrogens is 268 g/mol. The van der Waals surface area contributed by atoms with Crippen molar-refractivity contribution in [1.82, 2.24) is 0 Å². The average Bonchev–Trinajstić information content (AvgIpc) is 2.51. The smallest absolute Gasteiger partial charge is 0.314 e. The fourth-order valence-electron chi connectivity index (χ4n) is 2.85. The summed E-state index contributed by atoms with van der Waals surface area (Å²) in [5.74, 6) is -2.57. The van der Waals surface area contributed by atoms with Gasteiger partial charge in [-0.05, 0) is 11.6 Å². The van der Waals surface area contributed by atoms with E-state index in [4.69, 9.17) is 0 Å². The molecule has 2 atom stereocenters. The highest BCUT2D eigenvalue weighted by atomic mass is 16.4. The number of aliphatic carboxylic acids is 1. The van der Waals surface area contributed by atoms with E-state index < -0.39 is 17.5 Å². The summed E-state index contributed by atoms with van der Waals surface area (Å²) in [7, 11) is 0. The van der Waals surface area contributed by atoms with Crippen molar-refractivity contribution in [2.24, 2.45) is 5.92 Å². The SMILES string of the molecule is O=C(O)C1C=C(O)c2ccccc2C1(O)c1ccccc1. The Balaban J connectivity index is 2.32. The molecule has 2 aromatic rings. The van der Waals surface area contributed by atoms with Gasteiger partial charge in [0.1, 0.15) is 17.3 Å². The van der Waals surface area contributed by atoms with Gasteiger partial charge in [0.05, 0.1) is 0 Å². The first-order valence-corrected chi connectivity index (χ1v) is 6.56. The van der Waals surface area contributed by atoms with E-state index in [0.29, 0.717) is 16.7 Å². The highest BCUT2D eigenvalue weighted by Crippen LogP contribution is 2.44. The maximum absolute atomic E-state index is 11.6. The van der Waals surface area contributed by atoms with Gasteiger partial charge in [-0.3, -0.25) is 4.79 Å². The van der Waals surface area contributed by atoms with E-state index in [1.807, 2.05) is 0 Å². The van der Waals surface area contributed by atoms with E-state index in [-0.39, 0.29) is 5.76 Å². The summed E-state index contributed by atoms with van der Waals surface area (Å²) in [4.78, 5) is 11.6. The molecule has 0 saturated carbocycles. The minimum absolute atomic E-state index is 0.126. The van der Waals surface area contributed by atoms with Crippen molar-refractivity contribution < 1.29 is 20.1 Å². The van der Waals surface area contributed by atoms with E-state index in [9.17, 15) is 20.1 Å². The fraction of sp³-hybridized carbons (Fsp3) is 0.118. The van der Waals surface area contributed by atoms with Crippen molar-refractivity contribution in [2.45, 2.75) is 5.60 Å². The molecule has 0 spiro atoms. The third-order valence-corrected chi connectivity index (χ3v) is 3.87. The lowest BCUT2D eigenvalue weighted by Gasteiger charge is -2.37. The van der Waals surface area contributed by atoms with Crippen LogP contribution in [-0.2, 0) is 10.4 Å². The van der Waals surface area contributed by atoms with E-state index >= 15 is 0 Å². The molecule has 0 fully saturated rings. The van der Waals surface area contributed by atoms with Gasteiger partial charge in [0.2, 0.25) is 0 Å². The third kappa shape index (κ3) is 1.92. The van der Waals surface area contributed by atoms with Gasteiger partial charge in [0.15, 0.2) is 0 Å². The van der Waals surface area contributed by atoms with E-state index in [0.717, 1.165) is 0 Å². The molecule has 0 aromatic heterocycles. The number of fused-ring (bicyclic) bond motifs is 1. The van der Waals surface area contributed by atoms with Crippen molar-refractivity contribution in [1.29, 1.82) is 0 Å². The zero-order valence-corrected chi connectivity index (χ0v) is 11.1. The van der Waals surface area contributed by atoms with Crippen LogP contribution in [0.5, 0.6) is 0 Å². The van der Waals surface area contributed by atoms with Gasteiger partial charge < -0.3 is 15.3 Å². The van der Waals surface area contributed by atoms with E-state index in [1.54, 1.807) is 54.6 Å². The number of carboxylic acid groups (broad SMARTS) is 1. The lowest BCUT2D eigenvalue weighted by Crippen LogP contribution is -2.42. The molecule has 21 heavy (non-hydrogen) atoms. The van der Waals surface area contributed by atoms with Crippen LogP contribution in [-0.4, -0.2) is 21.3 Å². The first kappa shape index (κ1) is 13.4. The molecule has 1 aliphatic carbocycles. The number of hydrogen-bond donors (Lipinski definition) is 3. The van der Waals surface area contributed by atoms with Crippen LogP contribution in [0.1, 0.15) is 16.7 Å². The number of rotatable bonds is 2. The molecule has 4 nitrogen and oxygen atoms in total. The molecule has 0 bridgehead atoms. The molecule has 0 heterocycles. The lowest BCUT2D eigenvalue weighted by atomic mass is 9.71. The molecule has 0 saturated heterocycles. The number of carboxylic acids is 1. The zero-order valence-electron chi connectivity index (χ0n) is 11.1. The minimum atomic E-state index is -1.71. The standard InChI is InChI=1S/C17H14O4/c18-15-10-14(16(19)20)17(21,11-6-2-1-3-7-11)13-9-5-4-8-12(13)15/h1-10,14,18,21H,(H,19,20). The first-order valence-electron chi connectivity index (χ1n) is 6.56. The molecule has 4 heteroatoms. The Morgan fingerprint density at radius 3 is 2.29 bits per heavy atom. The summed E-state index contributed by atoms with van der Waals surface area (Å²) in [6, 6.07) is 15.4. The van der Waals surface area contributed by atoms with Crippen molar-refractivity contribution in [3.63, 3.8) is 0 Å². The highest BCUT2D eigenvalue weighted by Gasteiger charge is 2.47. The van der Waals surface area contributed by atoms with Crippen LogP contribution in [0.3, 0.4) is 0 Å². The number of benzene rings is 2. The molecule has 0 amide bonds. The highest BCUT2D eigenvalue weighted by molar-refractivity contribution is 5.82. The Kier molecular flexibility index (Phi) is 3.03. The molecule has 106 valence electrons. The van der Waals surface area contributed by atoms with Crippen molar-refractivity contribution in [3.05, 3.63) is 77.4 Å². The molecule has 2 aromatic carbocycles. The van der Waals surface area contributed by atoms with Crippen LogP contribution < -0.4 is 0 Å². The molecular formula is C17H14O4. The molecule has 2 unspecified atom stereocenters. The van der Waals surface area contributed by atoms with Gasteiger partial charge in [-0.1, -0.05) is 54.6 Å². The number of aliphatic hydroxyl groups excluding tert-OH is 1. The summed E-state index contributed by atoms with van der Waals surface area (Å²) in [6.07, 6.45) is 1.19. The number of carbonyl (C=O) groups is 1. The van der Waals surface area contributed by atoms with Gasteiger partial charge >= 0.3 is 5.97 Å². The third-order valence-electron chi connectivity index (χ3n) is 3.87. The Labute approximate surface area is 121 Å². The minimum Gasteiger partial charge on any atom is -0.508 e. The van der Waals surface area contributed by atoms with Gasteiger partial charge in [-0.25, -0.2) is 0 Å². The zero-order chi connectivity index (χ0) is 15.0. The average molecular weight is 282 g/mol. The second-order valence-corrected chi connectivity index (χ2v) is 5.05. The monoisotopic (exact) mass is 282 g/mol. The molecule has 1 aliphatic rings.